The largest absolute Gasteiger partial charge is 0.508 e. The van der Waals surface area contributed by atoms with Gasteiger partial charge in [0.25, 0.3) is 0 Å². The van der Waals surface area contributed by atoms with Crippen molar-refractivity contribution in [3.05, 3.63) is 88.2 Å². The quantitative estimate of drug-likeness (QED) is 0.371. The average Bonchev–Trinajstić information content (AvgIpc) is 3.16. The number of allylic oxidation sites excluding steroid dienone is 2. The number of pyridine rings is 1. The zero-order valence-electron chi connectivity index (χ0n) is 22.7. The van der Waals surface area contributed by atoms with Crippen LogP contribution in [-0.2, 0) is 6.42 Å². The Bertz CT molecular complexity index is 1330. The van der Waals surface area contributed by atoms with Crippen LogP contribution in [0.5, 0.6) is 5.75 Å². The lowest BCUT2D eigenvalue weighted by Gasteiger charge is -2.13. The number of hydrogen-bond acceptors (Lipinski definition) is 4. The molecule has 0 saturated carbocycles. The van der Waals surface area contributed by atoms with Crippen LogP contribution in [-0.4, -0.2) is 14.7 Å². The molecule has 3 aromatic rings. The van der Waals surface area contributed by atoms with Gasteiger partial charge in [0.1, 0.15) is 11.6 Å². The van der Waals surface area contributed by atoms with Crippen LogP contribution in [0.4, 0.5) is 5.82 Å². The van der Waals surface area contributed by atoms with Crippen molar-refractivity contribution in [3.63, 3.8) is 0 Å². The fourth-order valence-corrected chi connectivity index (χ4v) is 4.04. The summed E-state index contributed by atoms with van der Waals surface area (Å²) in [7, 11) is 0. The Morgan fingerprint density at radius 3 is 2.44 bits per heavy atom. The highest BCUT2D eigenvalue weighted by molar-refractivity contribution is 5.74. The summed E-state index contributed by atoms with van der Waals surface area (Å²) >= 11 is 0. The predicted molar refractivity (Wildman–Crippen MR) is 155 cm³/mol. The molecule has 0 fully saturated rings. The molecule has 0 aliphatic carbocycles. The maximum Gasteiger partial charge on any atom is 0.118 e. The van der Waals surface area contributed by atoms with Crippen molar-refractivity contribution in [2.45, 2.75) is 67.2 Å². The van der Waals surface area contributed by atoms with E-state index < -0.39 is 0 Å². The third kappa shape index (κ3) is 6.91. The molecule has 5 nitrogen and oxygen atoms in total. The second-order valence-electron chi connectivity index (χ2n) is 9.06. The zero-order valence-corrected chi connectivity index (χ0v) is 22.7. The fraction of sp³-hybridized carbons (Fsp3) is 0.323. The first kappa shape index (κ1) is 28.5. The lowest BCUT2D eigenvalue weighted by Crippen LogP contribution is -2.32. The fourth-order valence-electron chi connectivity index (χ4n) is 4.04. The molecule has 0 saturated heterocycles. The molecule has 36 heavy (non-hydrogen) atoms. The Hall–Kier alpha value is -3.73. The summed E-state index contributed by atoms with van der Waals surface area (Å²) in [5.74, 6) is 0.761. The van der Waals surface area contributed by atoms with Gasteiger partial charge < -0.3 is 16.6 Å². The maximum absolute atomic E-state index is 9.95. The number of nitrogens with zero attached hydrogens (tertiary/aromatic N) is 2. The third-order valence-corrected chi connectivity index (χ3v) is 6.34. The summed E-state index contributed by atoms with van der Waals surface area (Å²) in [5, 5.41) is 12.0. The second-order valence-corrected chi connectivity index (χ2v) is 9.06. The predicted octanol–water partition coefficient (Wildman–Crippen LogP) is 5.75. The lowest BCUT2D eigenvalue weighted by molar-refractivity contribution is 0.475. The van der Waals surface area contributed by atoms with Crippen LogP contribution in [0.3, 0.4) is 0 Å². The number of phenolic OH excluding ortho intramolecular Hbond substituents is 1. The Kier molecular flexibility index (Phi) is 10.6. The number of hydrogen-bond donors (Lipinski definition) is 3. The van der Waals surface area contributed by atoms with E-state index in [1.54, 1.807) is 12.1 Å². The number of rotatable bonds is 7. The van der Waals surface area contributed by atoms with Gasteiger partial charge in [0.05, 0.1) is 11.0 Å². The molecule has 0 aliphatic heterocycles. The van der Waals surface area contributed by atoms with E-state index in [2.05, 4.69) is 64.4 Å². The number of nitrogens with two attached hydrogens (primary N) is 2. The van der Waals surface area contributed by atoms with Gasteiger partial charge in [-0.2, -0.15) is 0 Å². The topological polar surface area (TPSA) is 90.1 Å². The van der Waals surface area contributed by atoms with E-state index in [1.165, 1.54) is 16.8 Å². The van der Waals surface area contributed by atoms with Crippen molar-refractivity contribution in [3.8, 4) is 11.4 Å². The summed E-state index contributed by atoms with van der Waals surface area (Å²) in [6.07, 6.45) is 10.1. The van der Waals surface area contributed by atoms with Gasteiger partial charge in [-0.1, -0.05) is 50.3 Å². The van der Waals surface area contributed by atoms with E-state index in [-0.39, 0.29) is 5.75 Å². The SMILES string of the molecule is C/C=C(\C)CCc1ccccn1.C=C(N)c1c(N)n(-c2cc(O)ccc2C)c(=C(C)CC)/c1=C/CC. The molecule has 5 heteroatoms. The first-order chi connectivity index (χ1) is 17.2. The van der Waals surface area contributed by atoms with Gasteiger partial charge >= 0.3 is 0 Å². The highest BCUT2D eigenvalue weighted by Gasteiger charge is 2.17. The zero-order chi connectivity index (χ0) is 26.8. The molecule has 0 unspecified atom stereocenters. The van der Waals surface area contributed by atoms with Gasteiger partial charge in [-0.05, 0) is 82.7 Å². The van der Waals surface area contributed by atoms with Gasteiger partial charge in [-0.15, -0.1) is 0 Å². The molecule has 192 valence electrons. The smallest absolute Gasteiger partial charge is 0.118 e. The van der Waals surface area contributed by atoms with Crippen LogP contribution in [0.15, 0.2) is 60.8 Å². The molecule has 0 amide bonds. The molecule has 0 aliphatic rings. The second kappa shape index (κ2) is 13.4. The van der Waals surface area contributed by atoms with E-state index in [4.69, 9.17) is 11.5 Å². The minimum atomic E-state index is 0.206. The normalized spacial score (nSPS) is 12.7. The van der Waals surface area contributed by atoms with E-state index in [9.17, 15) is 5.11 Å². The van der Waals surface area contributed by atoms with Crippen molar-refractivity contribution in [2.24, 2.45) is 5.73 Å². The molecule has 0 bridgehead atoms. The standard InChI is InChI=1S/C20H27N3O.C11H15N/c1-6-8-16-18(14(5)21)20(22)23(19(16)12(3)7-2)17-11-15(24)10-9-13(17)4;1-3-10(2)7-8-11-6-4-5-9-12-11/h8-11,24H,5-7,21-22H2,1-4H3;3-6,9H,7-8H2,1-2H3/b16-8+,19-12?;10-3+. The Morgan fingerprint density at radius 1 is 1.17 bits per heavy atom. The Labute approximate surface area is 216 Å². The van der Waals surface area contributed by atoms with Crippen molar-refractivity contribution in [1.29, 1.82) is 0 Å². The van der Waals surface area contributed by atoms with Gasteiger partial charge in [0.15, 0.2) is 0 Å². The summed E-state index contributed by atoms with van der Waals surface area (Å²) in [6, 6.07) is 11.4. The maximum atomic E-state index is 9.95. The van der Waals surface area contributed by atoms with Gasteiger partial charge in [-0.25, -0.2) is 0 Å². The van der Waals surface area contributed by atoms with Crippen molar-refractivity contribution >= 4 is 23.2 Å². The molecule has 0 radical (unpaired) electrons. The van der Waals surface area contributed by atoms with Crippen LogP contribution in [0, 0.1) is 6.92 Å². The molecule has 2 heterocycles. The number of phenols is 1. The molecule has 5 N–H and O–H groups in total. The van der Waals surface area contributed by atoms with Crippen LogP contribution in [0.25, 0.3) is 23.0 Å². The molecule has 3 rings (SSSR count). The number of benzene rings is 1. The molecular formula is C31H42N4O. The number of aromatic hydroxyl groups is 1. The van der Waals surface area contributed by atoms with E-state index >= 15 is 0 Å². The van der Waals surface area contributed by atoms with E-state index in [1.807, 2.05) is 35.9 Å². The lowest BCUT2D eigenvalue weighted by atomic mass is 10.1. The summed E-state index contributed by atoms with van der Waals surface area (Å²) in [5.41, 5.74) is 19.5. The Balaban J connectivity index is 0.000000319. The van der Waals surface area contributed by atoms with Crippen molar-refractivity contribution in [2.75, 3.05) is 5.73 Å². The van der Waals surface area contributed by atoms with Crippen LogP contribution < -0.4 is 22.0 Å². The van der Waals surface area contributed by atoms with Crippen LogP contribution >= 0.6 is 0 Å². The number of nitrogen functional groups attached to an aromatic ring is 1. The summed E-state index contributed by atoms with van der Waals surface area (Å²) < 4.78 is 1.99. The molecule has 0 spiro atoms. The number of aryl methyl sites for hydroxylation is 2. The number of aromatic nitrogens is 2. The molecule has 0 atom stereocenters. The van der Waals surface area contributed by atoms with Crippen molar-refractivity contribution < 1.29 is 5.11 Å². The van der Waals surface area contributed by atoms with Crippen molar-refractivity contribution in [1.82, 2.24) is 9.55 Å². The minimum absolute atomic E-state index is 0.206. The summed E-state index contributed by atoms with van der Waals surface area (Å²) in [6.45, 7) is 16.4. The van der Waals surface area contributed by atoms with E-state index in [0.717, 1.165) is 53.1 Å². The number of anilines is 1. The van der Waals surface area contributed by atoms with Crippen LogP contribution in [0.2, 0.25) is 0 Å². The first-order valence-electron chi connectivity index (χ1n) is 12.6. The first-order valence-corrected chi connectivity index (χ1v) is 12.6. The van der Waals surface area contributed by atoms with Gasteiger partial charge in [0.2, 0.25) is 0 Å². The Morgan fingerprint density at radius 2 is 1.89 bits per heavy atom. The molecular weight excluding hydrogens is 444 g/mol. The van der Waals surface area contributed by atoms with Gasteiger partial charge in [0, 0.05) is 34.4 Å². The van der Waals surface area contributed by atoms with E-state index in [0.29, 0.717) is 11.5 Å². The average molecular weight is 487 g/mol. The van der Waals surface area contributed by atoms with Crippen LogP contribution in [0.1, 0.15) is 70.7 Å². The highest BCUT2D eigenvalue weighted by Crippen LogP contribution is 2.24. The summed E-state index contributed by atoms with van der Waals surface area (Å²) in [4.78, 5) is 4.26. The minimum Gasteiger partial charge on any atom is -0.508 e. The monoisotopic (exact) mass is 486 g/mol. The molecule has 2 aromatic heterocycles. The molecule has 1 aromatic carbocycles. The highest BCUT2D eigenvalue weighted by atomic mass is 16.3. The third-order valence-electron chi connectivity index (χ3n) is 6.34. The van der Waals surface area contributed by atoms with Gasteiger partial charge in [-0.3, -0.25) is 9.55 Å².